The van der Waals surface area contributed by atoms with E-state index < -0.39 is 0 Å². The van der Waals surface area contributed by atoms with Crippen molar-refractivity contribution in [1.29, 1.82) is 0 Å². The molecule has 0 fully saturated rings. The normalized spacial score (nSPS) is 11.2. The minimum Gasteiger partial charge on any atom is -0.495 e. The number of benzene rings is 2. The Balaban J connectivity index is 2.17. The van der Waals surface area contributed by atoms with Crippen LogP contribution in [0, 0.1) is 0 Å². The molecule has 0 saturated carbocycles. The third kappa shape index (κ3) is 3.50. The largest absolute Gasteiger partial charge is 0.495 e. The summed E-state index contributed by atoms with van der Waals surface area (Å²) >= 11 is 6.06. The molecule has 0 heterocycles. The lowest BCUT2D eigenvalue weighted by atomic mass is 10.1. The fraction of sp³-hybridized carbons (Fsp3) is 0.133. The van der Waals surface area contributed by atoms with Crippen molar-refractivity contribution in [3.63, 3.8) is 0 Å². The van der Waals surface area contributed by atoms with Crippen LogP contribution in [0.25, 0.3) is 0 Å². The van der Waals surface area contributed by atoms with Gasteiger partial charge in [-0.2, -0.15) is 5.10 Å². The molecule has 0 aliphatic carbocycles. The predicted octanol–water partition coefficient (Wildman–Crippen LogP) is 3.12. The molecule has 20 heavy (non-hydrogen) atoms. The van der Waals surface area contributed by atoms with Gasteiger partial charge < -0.3 is 10.5 Å². The van der Waals surface area contributed by atoms with Crippen molar-refractivity contribution >= 4 is 23.0 Å². The van der Waals surface area contributed by atoms with E-state index >= 15 is 0 Å². The zero-order chi connectivity index (χ0) is 14.4. The Morgan fingerprint density at radius 3 is 2.60 bits per heavy atom. The minimum absolute atomic E-state index is 0.348. The highest BCUT2D eigenvalue weighted by Crippen LogP contribution is 2.27. The van der Waals surface area contributed by atoms with Crippen molar-refractivity contribution in [3.8, 4) is 5.75 Å². The molecule has 0 saturated heterocycles. The van der Waals surface area contributed by atoms with Gasteiger partial charge in [-0.15, -0.1) is 0 Å². The van der Waals surface area contributed by atoms with Gasteiger partial charge in [0.1, 0.15) is 5.75 Å². The van der Waals surface area contributed by atoms with Gasteiger partial charge in [0, 0.05) is 6.54 Å². The maximum atomic E-state index is 6.06. The molecule has 0 aromatic heterocycles. The molecule has 0 aliphatic rings. The van der Waals surface area contributed by atoms with Gasteiger partial charge in [0.2, 0.25) is 0 Å². The number of methoxy groups -OCH3 is 1. The number of nitrogens with one attached hydrogen (secondary N) is 1. The van der Waals surface area contributed by atoms with Gasteiger partial charge in [0.15, 0.2) is 0 Å². The van der Waals surface area contributed by atoms with E-state index in [2.05, 4.69) is 10.5 Å². The van der Waals surface area contributed by atoms with Gasteiger partial charge in [-0.1, -0.05) is 41.9 Å². The van der Waals surface area contributed by atoms with Crippen LogP contribution in [-0.4, -0.2) is 19.4 Å². The van der Waals surface area contributed by atoms with Gasteiger partial charge in [0.25, 0.3) is 0 Å². The Hall–Kier alpha value is -2.04. The molecule has 5 heteroatoms. The van der Waals surface area contributed by atoms with Crippen LogP contribution in [0.4, 0.5) is 5.69 Å². The Morgan fingerprint density at radius 2 is 2.00 bits per heavy atom. The Bertz CT molecular complexity index is 599. The summed E-state index contributed by atoms with van der Waals surface area (Å²) in [5.41, 5.74) is 11.2. The van der Waals surface area contributed by atoms with Crippen LogP contribution in [0.1, 0.15) is 5.56 Å². The summed E-state index contributed by atoms with van der Waals surface area (Å²) < 4.78 is 5.10. The molecule has 0 radical (unpaired) electrons. The first-order valence-corrected chi connectivity index (χ1v) is 6.54. The Kier molecular flexibility index (Phi) is 4.98. The standard InChI is InChI=1S/C15H16ClN3O/c1-20-15-8-7-12(9-13(15)16)18-19-14(10-17)11-5-3-2-4-6-11/h2-9,18H,10,17H2,1H3. The van der Waals surface area contributed by atoms with Crippen LogP contribution < -0.4 is 15.9 Å². The number of nitrogens with two attached hydrogens (primary N) is 1. The maximum absolute atomic E-state index is 6.06. The molecule has 0 amide bonds. The van der Waals surface area contributed by atoms with Crippen LogP contribution in [0.2, 0.25) is 5.02 Å². The molecule has 2 aromatic rings. The third-order valence-corrected chi connectivity index (χ3v) is 3.07. The SMILES string of the molecule is COc1ccc(NN=C(CN)c2ccccc2)cc1Cl. The highest BCUT2D eigenvalue weighted by molar-refractivity contribution is 6.32. The highest BCUT2D eigenvalue weighted by atomic mass is 35.5. The van der Waals surface area contributed by atoms with Crippen molar-refractivity contribution in [2.75, 3.05) is 19.1 Å². The second-order valence-electron chi connectivity index (χ2n) is 4.09. The second kappa shape index (κ2) is 6.93. The molecule has 0 spiro atoms. The van der Waals surface area contributed by atoms with E-state index in [9.17, 15) is 0 Å². The predicted molar refractivity (Wildman–Crippen MR) is 83.7 cm³/mol. The first-order valence-electron chi connectivity index (χ1n) is 6.16. The molecule has 3 N–H and O–H groups in total. The summed E-state index contributed by atoms with van der Waals surface area (Å²) in [6.07, 6.45) is 0. The summed E-state index contributed by atoms with van der Waals surface area (Å²) in [6.45, 7) is 0.348. The zero-order valence-electron chi connectivity index (χ0n) is 11.1. The number of ether oxygens (including phenoxy) is 1. The van der Waals surface area contributed by atoms with Gasteiger partial charge in [-0.05, 0) is 23.8 Å². The fourth-order valence-corrected chi connectivity index (χ4v) is 1.98. The van der Waals surface area contributed by atoms with E-state index in [-0.39, 0.29) is 0 Å². The van der Waals surface area contributed by atoms with Crippen LogP contribution in [0.5, 0.6) is 5.75 Å². The number of hydrazone groups is 1. The lowest BCUT2D eigenvalue weighted by Gasteiger charge is -2.08. The average Bonchev–Trinajstić information content (AvgIpc) is 2.49. The van der Waals surface area contributed by atoms with Gasteiger partial charge >= 0.3 is 0 Å². The number of anilines is 1. The third-order valence-electron chi connectivity index (χ3n) is 2.77. The molecule has 104 valence electrons. The van der Waals surface area contributed by atoms with Gasteiger partial charge in [-0.3, -0.25) is 5.43 Å². The number of nitrogens with zero attached hydrogens (tertiary/aromatic N) is 1. The Labute approximate surface area is 123 Å². The average molecular weight is 290 g/mol. The molecular formula is C15H16ClN3O. The molecule has 2 rings (SSSR count). The van der Waals surface area contributed by atoms with Crippen molar-refractivity contribution in [3.05, 3.63) is 59.1 Å². The first kappa shape index (κ1) is 14.4. The van der Waals surface area contributed by atoms with E-state index in [1.807, 2.05) is 36.4 Å². The van der Waals surface area contributed by atoms with Crippen LogP contribution >= 0.6 is 11.6 Å². The number of hydrogen-bond acceptors (Lipinski definition) is 4. The summed E-state index contributed by atoms with van der Waals surface area (Å²) in [5, 5.41) is 4.85. The monoisotopic (exact) mass is 289 g/mol. The van der Waals surface area contributed by atoms with Gasteiger partial charge in [-0.25, -0.2) is 0 Å². The van der Waals surface area contributed by atoms with Crippen LogP contribution in [0.15, 0.2) is 53.6 Å². The topological polar surface area (TPSA) is 59.6 Å². The smallest absolute Gasteiger partial charge is 0.137 e. The number of hydrogen-bond donors (Lipinski definition) is 2. The summed E-state index contributed by atoms with van der Waals surface area (Å²) in [7, 11) is 1.58. The van der Waals surface area contributed by atoms with E-state index in [0.29, 0.717) is 17.3 Å². The second-order valence-corrected chi connectivity index (χ2v) is 4.50. The molecule has 0 bridgehead atoms. The van der Waals surface area contributed by atoms with E-state index in [4.69, 9.17) is 22.1 Å². The molecule has 0 aliphatic heterocycles. The zero-order valence-corrected chi connectivity index (χ0v) is 11.9. The molecule has 0 atom stereocenters. The lowest BCUT2D eigenvalue weighted by molar-refractivity contribution is 0.415. The van der Waals surface area contributed by atoms with Crippen molar-refractivity contribution in [1.82, 2.24) is 0 Å². The summed E-state index contributed by atoms with van der Waals surface area (Å²) in [5.74, 6) is 0.628. The molecular weight excluding hydrogens is 274 g/mol. The quantitative estimate of drug-likeness (QED) is 0.657. The van der Waals surface area contributed by atoms with Crippen molar-refractivity contribution in [2.24, 2.45) is 10.8 Å². The molecule has 2 aromatic carbocycles. The highest BCUT2D eigenvalue weighted by Gasteiger charge is 2.03. The lowest BCUT2D eigenvalue weighted by Crippen LogP contribution is -2.16. The summed E-state index contributed by atoms with van der Waals surface area (Å²) in [6, 6.07) is 15.2. The number of halogens is 1. The maximum Gasteiger partial charge on any atom is 0.137 e. The van der Waals surface area contributed by atoms with E-state index in [1.54, 1.807) is 19.2 Å². The summed E-state index contributed by atoms with van der Waals surface area (Å²) in [4.78, 5) is 0. The van der Waals surface area contributed by atoms with E-state index in [0.717, 1.165) is 17.0 Å². The number of rotatable bonds is 5. The Morgan fingerprint density at radius 1 is 1.25 bits per heavy atom. The molecule has 0 unspecified atom stereocenters. The van der Waals surface area contributed by atoms with Crippen LogP contribution in [-0.2, 0) is 0 Å². The van der Waals surface area contributed by atoms with Crippen LogP contribution in [0.3, 0.4) is 0 Å². The fourth-order valence-electron chi connectivity index (χ4n) is 1.73. The molecule has 4 nitrogen and oxygen atoms in total. The van der Waals surface area contributed by atoms with Gasteiger partial charge in [0.05, 0.1) is 23.5 Å². The van der Waals surface area contributed by atoms with Crippen molar-refractivity contribution < 1.29 is 4.74 Å². The first-order chi connectivity index (χ1) is 9.74. The van der Waals surface area contributed by atoms with Crippen molar-refractivity contribution in [2.45, 2.75) is 0 Å². The minimum atomic E-state index is 0.348. The van der Waals surface area contributed by atoms with E-state index in [1.165, 1.54) is 0 Å².